The minimum absolute atomic E-state index is 0.272. The van der Waals surface area contributed by atoms with Gasteiger partial charge in [-0.2, -0.15) is 0 Å². The molecule has 5 rings (SSSR count). The van der Waals surface area contributed by atoms with E-state index in [0.29, 0.717) is 21.5 Å². The van der Waals surface area contributed by atoms with Gasteiger partial charge >= 0.3 is 0 Å². The third-order valence-electron chi connectivity index (χ3n) is 6.11. The molecule has 2 aliphatic rings. The van der Waals surface area contributed by atoms with Crippen molar-refractivity contribution in [3.05, 3.63) is 88.3 Å². The second-order valence-corrected chi connectivity index (χ2v) is 8.27. The average molecular weight is 412 g/mol. The maximum absolute atomic E-state index is 13.6. The molecule has 28 heavy (non-hydrogen) atoms. The maximum atomic E-state index is 13.6. The van der Waals surface area contributed by atoms with E-state index in [9.17, 15) is 9.59 Å². The second-order valence-electron chi connectivity index (χ2n) is 7.39. The summed E-state index contributed by atoms with van der Waals surface area (Å²) in [6.07, 6.45) is 1.57. The summed E-state index contributed by atoms with van der Waals surface area (Å²) >= 11 is 12.2. The van der Waals surface area contributed by atoms with Gasteiger partial charge in [-0.05, 0) is 42.8 Å². The minimum atomic E-state index is -0.946. The van der Waals surface area contributed by atoms with Crippen LogP contribution in [0.4, 0.5) is 5.69 Å². The topological polar surface area (TPSA) is 50.5 Å². The van der Waals surface area contributed by atoms with Crippen molar-refractivity contribution in [2.24, 2.45) is 11.3 Å². The molecule has 1 aliphatic heterocycles. The van der Waals surface area contributed by atoms with Crippen LogP contribution in [-0.2, 0) is 15.0 Å². The normalized spacial score (nSPS) is 28.5. The number of fused-ring (bicyclic) bond motifs is 1. The average Bonchev–Trinajstić information content (AvgIpc) is 2.96. The lowest BCUT2D eigenvalue weighted by molar-refractivity contribution is -0.125. The molecular formula is C22H15Cl2NO3. The smallest absolute Gasteiger partial charge is 0.241 e. The van der Waals surface area contributed by atoms with Crippen LogP contribution >= 0.6 is 23.2 Å². The second kappa shape index (κ2) is 5.72. The van der Waals surface area contributed by atoms with Crippen molar-refractivity contribution in [3.8, 4) is 0 Å². The van der Waals surface area contributed by atoms with Crippen LogP contribution in [0.2, 0.25) is 10.0 Å². The zero-order valence-electron chi connectivity index (χ0n) is 14.9. The van der Waals surface area contributed by atoms with Crippen molar-refractivity contribution in [2.75, 3.05) is 4.90 Å². The van der Waals surface area contributed by atoms with Gasteiger partial charge < -0.3 is 4.42 Å². The van der Waals surface area contributed by atoms with E-state index in [-0.39, 0.29) is 11.8 Å². The standard InChI is InChI=1S/C22H15Cl2NO3/c1-21-18(19(26)25(20(21)27)16-11-14(23)10-15(24)12-16)22(21,17-8-5-9-28-17)13-6-3-2-4-7-13/h2-12,18H,1H3/t18?,21-,22+/m1/s1. The van der Waals surface area contributed by atoms with Crippen molar-refractivity contribution in [3.63, 3.8) is 0 Å². The Balaban J connectivity index is 1.67. The van der Waals surface area contributed by atoms with Gasteiger partial charge in [0.05, 0.1) is 28.7 Å². The van der Waals surface area contributed by atoms with Gasteiger partial charge in [-0.15, -0.1) is 0 Å². The van der Waals surface area contributed by atoms with Crippen LogP contribution in [0.3, 0.4) is 0 Å². The number of furan rings is 1. The van der Waals surface area contributed by atoms with Crippen molar-refractivity contribution < 1.29 is 14.0 Å². The molecule has 2 aromatic carbocycles. The molecule has 2 fully saturated rings. The first-order valence-corrected chi connectivity index (χ1v) is 9.62. The van der Waals surface area contributed by atoms with Crippen LogP contribution in [0, 0.1) is 11.3 Å². The van der Waals surface area contributed by atoms with Crippen LogP contribution in [0.25, 0.3) is 0 Å². The van der Waals surface area contributed by atoms with Crippen LogP contribution in [0.5, 0.6) is 0 Å². The molecule has 0 radical (unpaired) electrons. The lowest BCUT2D eigenvalue weighted by Crippen LogP contribution is -2.42. The molecule has 1 unspecified atom stereocenters. The summed E-state index contributed by atoms with van der Waals surface area (Å²) < 4.78 is 5.73. The number of benzene rings is 2. The van der Waals surface area contributed by atoms with Gasteiger partial charge in [0.2, 0.25) is 11.8 Å². The van der Waals surface area contributed by atoms with E-state index in [2.05, 4.69) is 0 Å². The lowest BCUT2D eigenvalue weighted by atomic mass is 9.82. The largest absolute Gasteiger partial charge is 0.468 e. The Labute approximate surface area is 171 Å². The molecule has 4 nitrogen and oxygen atoms in total. The van der Waals surface area contributed by atoms with Crippen LogP contribution in [0.15, 0.2) is 71.3 Å². The van der Waals surface area contributed by atoms with Crippen LogP contribution in [-0.4, -0.2) is 11.8 Å². The van der Waals surface area contributed by atoms with E-state index >= 15 is 0 Å². The first-order valence-electron chi connectivity index (χ1n) is 8.86. The third-order valence-corrected chi connectivity index (χ3v) is 6.54. The molecule has 140 valence electrons. The summed E-state index contributed by atoms with van der Waals surface area (Å²) in [6.45, 7) is 1.83. The highest BCUT2D eigenvalue weighted by molar-refractivity contribution is 6.36. The SMILES string of the molecule is C[C@]12C(=O)N(c3cc(Cl)cc(Cl)c3)C(=O)C1[C@]2(c1ccccc1)c1ccco1. The Morgan fingerprint density at radius 1 is 0.964 bits per heavy atom. The number of carbonyl (C=O) groups is 2. The van der Waals surface area contributed by atoms with E-state index in [4.69, 9.17) is 27.6 Å². The van der Waals surface area contributed by atoms with E-state index in [0.717, 1.165) is 5.56 Å². The number of nitrogens with zero attached hydrogens (tertiary/aromatic N) is 1. The van der Waals surface area contributed by atoms with Crippen molar-refractivity contribution in [1.82, 2.24) is 0 Å². The number of amides is 2. The molecule has 0 bridgehead atoms. The molecule has 1 aromatic heterocycles. The quantitative estimate of drug-likeness (QED) is 0.564. The van der Waals surface area contributed by atoms with Gasteiger partial charge in [0.15, 0.2) is 0 Å². The van der Waals surface area contributed by atoms with Crippen molar-refractivity contribution in [1.29, 1.82) is 0 Å². The molecule has 2 heterocycles. The molecule has 6 heteroatoms. The van der Waals surface area contributed by atoms with Gasteiger partial charge in [-0.3, -0.25) is 9.59 Å². The molecule has 0 N–H and O–H groups in total. The third kappa shape index (κ3) is 1.97. The van der Waals surface area contributed by atoms with Gasteiger partial charge in [0.25, 0.3) is 0 Å². The zero-order valence-corrected chi connectivity index (χ0v) is 16.4. The fourth-order valence-electron chi connectivity index (χ4n) is 4.93. The molecule has 0 spiro atoms. The summed E-state index contributed by atoms with van der Waals surface area (Å²) in [6, 6.07) is 17.9. The van der Waals surface area contributed by atoms with Crippen LogP contribution in [0.1, 0.15) is 18.2 Å². The van der Waals surface area contributed by atoms with Gasteiger partial charge in [0, 0.05) is 10.0 Å². The molecule has 3 aromatic rings. The number of rotatable bonds is 3. The fourth-order valence-corrected chi connectivity index (χ4v) is 5.44. The number of anilines is 1. The predicted octanol–water partition coefficient (Wildman–Crippen LogP) is 5.08. The molecule has 3 atom stereocenters. The Morgan fingerprint density at radius 2 is 1.64 bits per heavy atom. The highest BCUT2D eigenvalue weighted by Gasteiger charge is 2.88. The Hall–Kier alpha value is -2.56. The first kappa shape index (κ1) is 17.5. The zero-order chi connectivity index (χ0) is 19.7. The summed E-state index contributed by atoms with van der Waals surface area (Å²) in [7, 11) is 0. The number of hydrogen-bond acceptors (Lipinski definition) is 3. The van der Waals surface area contributed by atoms with Gasteiger partial charge in [-0.25, -0.2) is 4.90 Å². The minimum Gasteiger partial charge on any atom is -0.468 e. The summed E-state index contributed by atoms with van der Waals surface area (Å²) in [5, 5.41) is 0.739. The lowest BCUT2D eigenvalue weighted by Gasteiger charge is -2.27. The fraction of sp³-hybridized carbons (Fsp3) is 0.182. The molecule has 1 aliphatic carbocycles. The highest BCUT2D eigenvalue weighted by Crippen LogP contribution is 2.76. The van der Waals surface area contributed by atoms with Crippen LogP contribution < -0.4 is 4.90 Å². The highest BCUT2D eigenvalue weighted by atomic mass is 35.5. The Kier molecular flexibility index (Phi) is 3.58. The van der Waals surface area contributed by atoms with Crippen molar-refractivity contribution >= 4 is 40.7 Å². The Morgan fingerprint density at radius 3 is 2.18 bits per heavy atom. The van der Waals surface area contributed by atoms with E-state index in [1.165, 1.54) is 4.90 Å². The molecule has 1 saturated carbocycles. The van der Waals surface area contributed by atoms with Gasteiger partial charge in [0.1, 0.15) is 5.76 Å². The van der Waals surface area contributed by atoms with E-state index < -0.39 is 16.7 Å². The van der Waals surface area contributed by atoms with E-state index in [1.54, 1.807) is 30.5 Å². The Bertz CT molecular complexity index is 1090. The monoisotopic (exact) mass is 411 g/mol. The van der Waals surface area contributed by atoms with Crippen molar-refractivity contribution in [2.45, 2.75) is 12.3 Å². The molecular weight excluding hydrogens is 397 g/mol. The predicted molar refractivity (Wildman–Crippen MR) is 106 cm³/mol. The van der Waals surface area contributed by atoms with E-state index in [1.807, 2.05) is 43.3 Å². The molecule has 1 saturated heterocycles. The first-order chi connectivity index (χ1) is 13.4. The summed E-state index contributed by atoms with van der Waals surface area (Å²) in [5.41, 5.74) is -0.478. The number of imide groups is 1. The number of carbonyl (C=O) groups excluding carboxylic acids is 2. The number of piperidine rings is 1. The molecule has 2 amide bonds. The maximum Gasteiger partial charge on any atom is 0.241 e. The number of hydrogen-bond donors (Lipinski definition) is 0. The summed E-state index contributed by atoms with van der Waals surface area (Å²) in [4.78, 5) is 28.2. The van der Waals surface area contributed by atoms with Gasteiger partial charge in [-0.1, -0.05) is 53.5 Å². The summed E-state index contributed by atoms with van der Waals surface area (Å²) in [5.74, 6) is -0.484. The number of halogens is 2.